The van der Waals surface area contributed by atoms with Gasteiger partial charge in [-0.25, -0.2) is 4.98 Å². The first-order chi connectivity index (χ1) is 7.65. The van der Waals surface area contributed by atoms with E-state index in [9.17, 15) is 0 Å². The fraction of sp³-hybridized carbons (Fsp3) is 0.615. The number of pyridine rings is 1. The molecule has 1 rings (SSSR count). The van der Waals surface area contributed by atoms with Gasteiger partial charge in [0.1, 0.15) is 5.82 Å². The number of anilines is 1. The molecular weight excluding hydrogens is 198 g/mol. The maximum Gasteiger partial charge on any atom is 0.128 e. The van der Waals surface area contributed by atoms with E-state index in [-0.39, 0.29) is 0 Å². The van der Waals surface area contributed by atoms with Gasteiger partial charge in [0.05, 0.1) is 0 Å². The molecular formula is C13H23N3. The summed E-state index contributed by atoms with van der Waals surface area (Å²) in [4.78, 5) is 4.15. The number of nitrogens with two attached hydrogens (primary N) is 1. The summed E-state index contributed by atoms with van der Waals surface area (Å²) in [5, 5.41) is 3.55. The summed E-state index contributed by atoms with van der Waals surface area (Å²) in [5.41, 5.74) is 7.05. The van der Waals surface area contributed by atoms with Gasteiger partial charge in [-0.05, 0) is 12.5 Å². The number of nitrogen functional groups attached to an aromatic ring is 1. The van der Waals surface area contributed by atoms with Gasteiger partial charge in [-0.15, -0.1) is 0 Å². The first kappa shape index (κ1) is 13.0. The Morgan fingerprint density at radius 1 is 1.44 bits per heavy atom. The lowest BCUT2D eigenvalue weighted by atomic mass is 10.0. The van der Waals surface area contributed by atoms with Gasteiger partial charge < -0.3 is 11.1 Å². The number of aromatic nitrogens is 1. The van der Waals surface area contributed by atoms with Gasteiger partial charge in [0.25, 0.3) is 0 Å². The van der Waals surface area contributed by atoms with Crippen LogP contribution in [0.25, 0.3) is 0 Å². The molecule has 3 N–H and O–H groups in total. The number of hydrogen-bond acceptors (Lipinski definition) is 3. The van der Waals surface area contributed by atoms with E-state index in [1.807, 2.05) is 6.07 Å². The second-order valence-electron chi connectivity index (χ2n) is 4.49. The summed E-state index contributed by atoms with van der Waals surface area (Å²) >= 11 is 0. The van der Waals surface area contributed by atoms with Crippen molar-refractivity contribution in [2.24, 2.45) is 0 Å². The summed E-state index contributed by atoms with van der Waals surface area (Å²) in [5.74, 6) is 0.650. The molecule has 0 fully saturated rings. The van der Waals surface area contributed by atoms with Crippen LogP contribution >= 0.6 is 0 Å². The molecule has 90 valence electrons. The van der Waals surface area contributed by atoms with E-state index in [2.05, 4.69) is 37.1 Å². The van der Waals surface area contributed by atoms with Crippen molar-refractivity contribution in [2.45, 2.75) is 52.1 Å². The van der Waals surface area contributed by atoms with Crippen LogP contribution in [-0.4, -0.2) is 11.0 Å². The molecule has 0 saturated heterocycles. The van der Waals surface area contributed by atoms with Crippen molar-refractivity contribution < 1.29 is 0 Å². The maximum atomic E-state index is 5.92. The molecule has 0 aliphatic rings. The maximum absolute atomic E-state index is 5.92. The van der Waals surface area contributed by atoms with Crippen LogP contribution in [0, 0.1) is 0 Å². The van der Waals surface area contributed by atoms with Gasteiger partial charge in [0.15, 0.2) is 0 Å². The predicted molar refractivity (Wildman–Crippen MR) is 69.2 cm³/mol. The largest absolute Gasteiger partial charge is 0.383 e. The Morgan fingerprint density at radius 2 is 2.19 bits per heavy atom. The highest BCUT2D eigenvalue weighted by Gasteiger charge is 2.14. The zero-order valence-corrected chi connectivity index (χ0v) is 10.5. The van der Waals surface area contributed by atoms with Crippen molar-refractivity contribution in [2.75, 3.05) is 5.73 Å². The van der Waals surface area contributed by atoms with Crippen LogP contribution in [0.2, 0.25) is 0 Å². The summed E-state index contributed by atoms with van der Waals surface area (Å²) in [6, 6.07) is 4.81. The predicted octanol–water partition coefficient (Wildman–Crippen LogP) is 2.89. The van der Waals surface area contributed by atoms with Gasteiger partial charge in [0, 0.05) is 23.8 Å². The van der Waals surface area contributed by atoms with Gasteiger partial charge in [-0.1, -0.05) is 39.7 Å². The van der Waals surface area contributed by atoms with Gasteiger partial charge in [-0.2, -0.15) is 0 Å². The van der Waals surface area contributed by atoms with Crippen molar-refractivity contribution >= 4 is 5.82 Å². The van der Waals surface area contributed by atoms with E-state index >= 15 is 0 Å². The lowest BCUT2D eigenvalue weighted by Crippen LogP contribution is -2.28. The van der Waals surface area contributed by atoms with Gasteiger partial charge in [0.2, 0.25) is 0 Å². The van der Waals surface area contributed by atoms with Crippen molar-refractivity contribution in [1.29, 1.82) is 0 Å². The molecule has 0 aliphatic heterocycles. The van der Waals surface area contributed by atoms with Crippen molar-refractivity contribution in [3.8, 4) is 0 Å². The molecule has 1 aromatic heterocycles. The van der Waals surface area contributed by atoms with Crippen LogP contribution in [0.1, 0.15) is 51.6 Å². The average molecular weight is 221 g/mol. The highest BCUT2D eigenvalue weighted by molar-refractivity contribution is 5.40. The average Bonchev–Trinajstić information content (AvgIpc) is 2.24. The molecule has 0 amide bonds. The van der Waals surface area contributed by atoms with E-state index in [0.717, 1.165) is 12.0 Å². The molecule has 1 aromatic rings. The quantitative estimate of drug-likeness (QED) is 0.776. The minimum absolute atomic E-state index is 0.327. The highest BCUT2D eigenvalue weighted by Crippen LogP contribution is 2.23. The molecule has 0 aromatic carbocycles. The summed E-state index contributed by atoms with van der Waals surface area (Å²) < 4.78 is 0. The first-order valence-electron chi connectivity index (χ1n) is 6.11. The van der Waals surface area contributed by atoms with Crippen LogP contribution in [0.3, 0.4) is 0 Å². The first-order valence-corrected chi connectivity index (χ1v) is 6.11. The number of hydrogen-bond donors (Lipinski definition) is 2. The number of unbranched alkanes of at least 4 members (excludes halogenated alkanes) is 1. The van der Waals surface area contributed by atoms with Gasteiger partial charge >= 0.3 is 0 Å². The van der Waals surface area contributed by atoms with Crippen molar-refractivity contribution in [3.63, 3.8) is 0 Å². The molecule has 3 nitrogen and oxygen atoms in total. The van der Waals surface area contributed by atoms with E-state index in [4.69, 9.17) is 5.73 Å². The molecule has 0 radical (unpaired) electrons. The molecule has 1 heterocycles. The van der Waals surface area contributed by atoms with Crippen molar-refractivity contribution in [3.05, 3.63) is 23.9 Å². The molecule has 16 heavy (non-hydrogen) atoms. The lowest BCUT2D eigenvalue weighted by molar-refractivity contribution is 0.440. The third-order valence-electron chi connectivity index (χ3n) is 2.63. The third-order valence-corrected chi connectivity index (χ3v) is 2.63. The standard InChI is InChI=1S/C13H23N3/c1-4-5-8-12(16-10(2)3)11-7-6-9-15-13(11)14/h6-7,9-10,12,16H,4-5,8H2,1-3H3,(H2,14,15). The smallest absolute Gasteiger partial charge is 0.128 e. The Morgan fingerprint density at radius 3 is 2.75 bits per heavy atom. The summed E-state index contributed by atoms with van der Waals surface area (Å²) in [6.45, 7) is 6.52. The second kappa shape index (κ2) is 6.48. The monoisotopic (exact) mass is 221 g/mol. The zero-order valence-electron chi connectivity index (χ0n) is 10.5. The van der Waals surface area contributed by atoms with E-state index in [1.165, 1.54) is 12.8 Å². The SMILES string of the molecule is CCCCC(NC(C)C)c1cccnc1N. The summed E-state index contributed by atoms with van der Waals surface area (Å²) in [7, 11) is 0. The highest BCUT2D eigenvalue weighted by atomic mass is 15.0. The van der Waals surface area contributed by atoms with Crippen LogP contribution in [-0.2, 0) is 0 Å². The number of nitrogens with zero attached hydrogens (tertiary/aromatic N) is 1. The minimum atomic E-state index is 0.327. The number of rotatable bonds is 6. The van der Waals surface area contributed by atoms with Crippen LogP contribution in [0.5, 0.6) is 0 Å². The van der Waals surface area contributed by atoms with Crippen LogP contribution in [0.15, 0.2) is 18.3 Å². The number of nitrogens with one attached hydrogen (secondary N) is 1. The van der Waals surface area contributed by atoms with E-state index in [1.54, 1.807) is 6.20 Å². The lowest BCUT2D eigenvalue weighted by Gasteiger charge is -2.22. The molecule has 0 bridgehead atoms. The van der Waals surface area contributed by atoms with Gasteiger partial charge in [-0.3, -0.25) is 0 Å². The van der Waals surface area contributed by atoms with E-state index in [0.29, 0.717) is 17.9 Å². The topological polar surface area (TPSA) is 50.9 Å². The molecule has 0 aliphatic carbocycles. The Labute approximate surface area is 98.5 Å². The molecule has 0 spiro atoms. The molecule has 1 atom stereocenters. The van der Waals surface area contributed by atoms with E-state index < -0.39 is 0 Å². The Kier molecular flexibility index (Phi) is 5.26. The minimum Gasteiger partial charge on any atom is -0.383 e. The zero-order chi connectivity index (χ0) is 12.0. The normalized spacial score (nSPS) is 13.0. The molecule has 3 heteroatoms. The second-order valence-corrected chi connectivity index (χ2v) is 4.49. The molecule has 1 unspecified atom stereocenters. The Balaban J connectivity index is 2.78. The fourth-order valence-corrected chi connectivity index (χ4v) is 1.86. The molecule has 0 saturated carbocycles. The van der Waals surface area contributed by atoms with Crippen molar-refractivity contribution in [1.82, 2.24) is 10.3 Å². The fourth-order valence-electron chi connectivity index (χ4n) is 1.86. The van der Waals surface area contributed by atoms with Crippen LogP contribution < -0.4 is 11.1 Å². The Hall–Kier alpha value is -1.09. The summed E-state index contributed by atoms with van der Waals surface area (Å²) in [6.07, 6.45) is 5.27. The van der Waals surface area contributed by atoms with Crippen LogP contribution in [0.4, 0.5) is 5.82 Å². The third kappa shape index (κ3) is 3.81. The Bertz CT molecular complexity index is 310.